The maximum atomic E-state index is 6.03. The number of nitrogens with zero attached hydrogens (tertiary/aromatic N) is 4. The number of aliphatic imine (C=N–C) groups is 1. The molecule has 2 aromatic heterocycles. The first kappa shape index (κ1) is 19.6. The molecule has 0 amide bonds. The summed E-state index contributed by atoms with van der Waals surface area (Å²) in [7, 11) is 0. The molecule has 1 unspecified atom stereocenters. The Hall–Kier alpha value is -3.15. The molecule has 1 aromatic carbocycles. The van der Waals surface area contributed by atoms with Gasteiger partial charge in [-0.2, -0.15) is 5.10 Å². The summed E-state index contributed by atoms with van der Waals surface area (Å²) >= 11 is 0. The number of hydrogen-bond acceptors (Lipinski definition) is 3. The van der Waals surface area contributed by atoms with E-state index in [0.29, 0.717) is 18.4 Å². The fraction of sp³-hybridized carbons (Fsp3) is 0.318. The minimum atomic E-state index is 0.388. The van der Waals surface area contributed by atoms with Crippen LogP contribution in [0, 0.1) is 13.8 Å². The van der Waals surface area contributed by atoms with E-state index in [0.717, 1.165) is 34.9 Å². The zero-order valence-corrected chi connectivity index (χ0v) is 17.0. The quantitative estimate of drug-likeness (QED) is 0.496. The summed E-state index contributed by atoms with van der Waals surface area (Å²) in [5.41, 5.74) is 11.3. The molecule has 28 heavy (non-hydrogen) atoms. The Labute approximate surface area is 166 Å². The maximum absolute atomic E-state index is 6.03. The Kier molecular flexibility index (Phi) is 6.09. The lowest BCUT2D eigenvalue weighted by Crippen LogP contribution is -2.22. The van der Waals surface area contributed by atoms with Gasteiger partial charge in [0.2, 0.25) is 0 Å². The van der Waals surface area contributed by atoms with Crippen molar-refractivity contribution in [1.82, 2.24) is 14.8 Å². The predicted molar refractivity (Wildman–Crippen MR) is 115 cm³/mol. The number of anilines is 1. The van der Waals surface area contributed by atoms with Crippen molar-refractivity contribution in [2.75, 3.05) is 5.32 Å². The van der Waals surface area contributed by atoms with E-state index >= 15 is 0 Å². The van der Waals surface area contributed by atoms with Gasteiger partial charge >= 0.3 is 0 Å². The second-order valence-electron chi connectivity index (χ2n) is 7.12. The van der Waals surface area contributed by atoms with Crippen LogP contribution in [0.4, 0.5) is 5.69 Å². The van der Waals surface area contributed by atoms with Crippen molar-refractivity contribution < 1.29 is 0 Å². The molecule has 0 aliphatic carbocycles. The highest BCUT2D eigenvalue weighted by Gasteiger charge is 2.05. The number of guanidine groups is 1. The number of aryl methyl sites for hydroxylation is 2. The summed E-state index contributed by atoms with van der Waals surface area (Å²) in [5, 5.41) is 7.59. The van der Waals surface area contributed by atoms with Crippen molar-refractivity contribution in [1.29, 1.82) is 0 Å². The number of nitrogens with two attached hydrogens (primary N) is 1. The zero-order chi connectivity index (χ0) is 20.1. The Morgan fingerprint density at radius 1 is 1.18 bits per heavy atom. The third-order valence-electron chi connectivity index (χ3n) is 4.83. The minimum Gasteiger partial charge on any atom is -0.370 e. The van der Waals surface area contributed by atoms with Crippen LogP contribution in [0.1, 0.15) is 48.7 Å². The van der Waals surface area contributed by atoms with Crippen molar-refractivity contribution in [3.05, 3.63) is 71.2 Å². The van der Waals surface area contributed by atoms with Gasteiger partial charge in [-0.25, -0.2) is 14.7 Å². The van der Waals surface area contributed by atoms with Crippen molar-refractivity contribution in [3.8, 4) is 5.82 Å². The van der Waals surface area contributed by atoms with E-state index in [4.69, 9.17) is 5.73 Å². The fourth-order valence-electron chi connectivity index (χ4n) is 2.99. The van der Waals surface area contributed by atoms with Gasteiger partial charge in [0, 0.05) is 17.6 Å². The molecule has 2 heterocycles. The van der Waals surface area contributed by atoms with Crippen LogP contribution in [0.3, 0.4) is 0 Å². The van der Waals surface area contributed by atoms with Crippen LogP contribution >= 0.6 is 0 Å². The average molecular weight is 377 g/mol. The standard InChI is InChI=1S/C22H28N6/c1-5-15(2)19-7-9-20(10-8-19)26-22(23)25-14-18-6-11-21(24-13-18)28-17(4)12-16(3)27-28/h6-13,15H,5,14H2,1-4H3,(H3,23,25,26). The Bertz CT molecular complexity index is 938. The van der Waals surface area contributed by atoms with Crippen molar-refractivity contribution in [3.63, 3.8) is 0 Å². The van der Waals surface area contributed by atoms with Crippen LogP contribution in [0.2, 0.25) is 0 Å². The van der Waals surface area contributed by atoms with Crippen LogP contribution in [0.15, 0.2) is 53.7 Å². The Morgan fingerprint density at radius 2 is 1.93 bits per heavy atom. The Balaban J connectivity index is 1.60. The van der Waals surface area contributed by atoms with Gasteiger partial charge in [0.05, 0.1) is 12.2 Å². The minimum absolute atomic E-state index is 0.388. The number of aromatic nitrogens is 3. The highest BCUT2D eigenvalue weighted by Crippen LogP contribution is 2.20. The number of hydrogen-bond donors (Lipinski definition) is 2. The molecule has 3 rings (SSSR count). The lowest BCUT2D eigenvalue weighted by molar-refractivity contribution is 0.734. The molecule has 146 valence electrons. The lowest BCUT2D eigenvalue weighted by atomic mass is 9.99. The second-order valence-corrected chi connectivity index (χ2v) is 7.12. The first-order valence-electron chi connectivity index (χ1n) is 9.61. The normalized spacial score (nSPS) is 12.8. The van der Waals surface area contributed by atoms with Gasteiger partial charge in [-0.3, -0.25) is 0 Å². The molecule has 0 saturated heterocycles. The number of pyridine rings is 1. The molecular weight excluding hydrogens is 348 g/mol. The summed E-state index contributed by atoms with van der Waals surface area (Å²) in [4.78, 5) is 8.90. The first-order chi connectivity index (χ1) is 13.5. The molecule has 1 atom stereocenters. The van der Waals surface area contributed by atoms with Gasteiger partial charge in [0.15, 0.2) is 11.8 Å². The summed E-state index contributed by atoms with van der Waals surface area (Å²) < 4.78 is 1.83. The largest absolute Gasteiger partial charge is 0.370 e. The molecule has 3 N–H and O–H groups in total. The van der Waals surface area contributed by atoms with Gasteiger partial charge in [-0.15, -0.1) is 0 Å². The van der Waals surface area contributed by atoms with Gasteiger partial charge < -0.3 is 11.1 Å². The van der Waals surface area contributed by atoms with Crippen LogP contribution < -0.4 is 11.1 Å². The SMILES string of the molecule is CCC(C)c1ccc(NC(N)=NCc2ccc(-n3nc(C)cc3C)nc2)cc1. The lowest BCUT2D eigenvalue weighted by Gasteiger charge is -2.11. The van der Waals surface area contributed by atoms with Crippen molar-refractivity contribution in [2.24, 2.45) is 10.7 Å². The third-order valence-corrected chi connectivity index (χ3v) is 4.83. The monoisotopic (exact) mass is 376 g/mol. The van der Waals surface area contributed by atoms with Crippen LogP contribution in [0.5, 0.6) is 0 Å². The van der Waals surface area contributed by atoms with E-state index in [2.05, 4.69) is 46.4 Å². The molecule has 3 aromatic rings. The molecule has 0 bridgehead atoms. The first-order valence-corrected chi connectivity index (χ1v) is 9.61. The van der Waals surface area contributed by atoms with Crippen molar-refractivity contribution >= 4 is 11.6 Å². The van der Waals surface area contributed by atoms with Gasteiger partial charge in [0.25, 0.3) is 0 Å². The molecule has 0 spiro atoms. The highest BCUT2D eigenvalue weighted by molar-refractivity contribution is 5.92. The van der Waals surface area contributed by atoms with Gasteiger partial charge in [-0.05, 0) is 61.6 Å². The topological polar surface area (TPSA) is 81.1 Å². The summed E-state index contributed by atoms with van der Waals surface area (Å²) in [6.45, 7) is 8.88. The molecule has 0 aliphatic rings. The van der Waals surface area contributed by atoms with Gasteiger partial charge in [0.1, 0.15) is 0 Å². The molecular formula is C22H28N6. The molecule has 6 heteroatoms. The Morgan fingerprint density at radius 3 is 2.50 bits per heavy atom. The summed E-state index contributed by atoms with van der Waals surface area (Å²) in [5.74, 6) is 1.75. The molecule has 0 saturated carbocycles. The molecule has 0 aliphatic heterocycles. The van der Waals surface area contributed by atoms with Crippen molar-refractivity contribution in [2.45, 2.75) is 46.6 Å². The van der Waals surface area contributed by atoms with E-state index in [9.17, 15) is 0 Å². The summed E-state index contributed by atoms with van der Waals surface area (Å²) in [6, 6.07) is 14.3. The smallest absolute Gasteiger partial charge is 0.193 e. The van der Waals surface area contributed by atoms with E-state index in [1.54, 1.807) is 0 Å². The van der Waals surface area contributed by atoms with E-state index in [1.165, 1.54) is 5.56 Å². The average Bonchev–Trinajstić information content (AvgIpc) is 3.05. The highest BCUT2D eigenvalue weighted by atomic mass is 15.3. The number of benzene rings is 1. The van der Waals surface area contributed by atoms with Crippen LogP contribution in [-0.2, 0) is 6.54 Å². The zero-order valence-electron chi connectivity index (χ0n) is 17.0. The van der Waals surface area contributed by atoms with E-state index in [1.807, 2.05) is 55.1 Å². The molecule has 0 fully saturated rings. The predicted octanol–water partition coefficient (Wildman–Crippen LogP) is 4.32. The third kappa shape index (κ3) is 4.76. The van der Waals surface area contributed by atoms with E-state index in [-0.39, 0.29) is 0 Å². The fourth-order valence-corrected chi connectivity index (χ4v) is 2.99. The number of nitrogens with one attached hydrogen (secondary N) is 1. The van der Waals surface area contributed by atoms with Crippen LogP contribution in [0.25, 0.3) is 5.82 Å². The molecule has 6 nitrogen and oxygen atoms in total. The van der Waals surface area contributed by atoms with Gasteiger partial charge in [-0.1, -0.05) is 32.0 Å². The molecule has 0 radical (unpaired) electrons. The number of rotatable bonds is 6. The maximum Gasteiger partial charge on any atom is 0.193 e. The summed E-state index contributed by atoms with van der Waals surface area (Å²) in [6.07, 6.45) is 2.94. The van der Waals surface area contributed by atoms with Crippen LogP contribution in [-0.4, -0.2) is 20.7 Å². The second kappa shape index (κ2) is 8.69. The van der Waals surface area contributed by atoms with E-state index < -0.39 is 0 Å².